The third-order valence-electron chi connectivity index (χ3n) is 3.29. The van der Waals surface area contributed by atoms with Crippen LogP contribution in [0.15, 0.2) is 47.4 Å². The van der Waals surface area contributed by atoms with Crippen LogP contribution < -0.4 is 5.32 Å². The van der Waals surface area contributed by atoms with Gasteiger partial charge in [-0.15, -0.1) is 0 Å². The van der Waals surface area contributed by atoms with Crippen LogP contribution >= 0.6 is 11.6 Å². The molecule has 25 heavy (non-hydrogen) atoms. The van der Waals surface area contributed by atoms with E-state index in [1.165, 1.54) is 49.5 Å². The van der Waals surface area contributed by atoms with Gasteiger partial charge in [-0.05, 0) is 24.3 Å². The van der Waals surface area contributed by atoms with Crippen molar-refractivity contribution < 1.29 is 17.6 Å². The fourth-order valence-electron chi connectivity index (χ4n) is 2.03. The van der Waals surface area contributed by atoms with Gasteiger partial charge in [0, 0.05) is 7.05 Å². The Balaban J connectivity index is 2.18. The maximum atomic E-state index is 13.8. The van der Waals surface area contributed by atoms with Gasteiger partial charge in [-0.3, -0.25) is 4.79 Å². The van der Waals surface area contributed by atoms with E-state index < -0.39 is 28.3 Å². The Morgan fingerprint density at radius 2 is 1.96 bits per heavy atom. The van der Waals surface area contributed by atoms with Crippen LogP contribution in [0.1, 0.15) is 5.56 Å². The number of amides is 1. The molecule has 0 aliphatic carbocycles. The van der Waals surface area contributed by atoms with Crippen molar-refractivity contribution in [3.05, 3.63) is 58.9 Å². The molecule has 0 unspecified atom stereocenters. The summed E-state index contributed by atoms with van der Waals surface area (Å²) in [5.41, 5.74) is -0.184. The van der Waals surface area contributed by atoms with Crippen molar-refractivity contribution in [1.82, 2.24) is 4.31 Å². The third-order valence-corrected chi connectivity index (χ3v) is 5.44. The second-order valence-electron chi connectivity index (χ2n) is 5.02. The van der Waals surface area contributed by atoms with Crippen LogP contribution in [-0.2, 0) is 14.8 Å². The summed E-state index contributed by atoms with van der Waals surface area (Å²) < 4.78 is 39.6. The van der Waals surface area contributed by atoms with E-state index in [9.17, 15) is 17.6 Å². The summed E-state index contributed by atoms with van der Waals surface area (Å²) in [7, 11) is -2.87. The zero-order valence-corrected chi connectivity index (χ0v) is 14.6. The molecule has 6 nitrogen and oxygen atoms in total. The number of likely N-dealkylation sites (N-methyl/N-ethyl adjacent to an activating group) is 1. The van der Waals surface area contributed by atoms with Crippen molar-refractivity contribution >= 4 is 33.2 Å². The van der Waals surface area contributed by atoms with Crippen molar-refractivity contribution in [2.75, 3.05) is 18.9 Å². The summed E-state index contributed by atoms with van der Waals surface area (Å²) in [5.74, 6) is -1.56. The Morgan fingerprint density at radius 3 is 2.64 bits per heavy atom. The lowest BCUT2D eigenvalue weighted by atomic mass is 10.2. The smallest absolute Gasteiger partial charge is 0.244 e. The molecule has 2 rings (SSSR count). The standard InChI is InChI=1S/C16H13ClFN3O3S/c1-21(25(23,24)14-8-3-2-5-11(14)9-19)10-15(22)20-13-7-4-6-12(17)16(13)18/h2-8H,10H2,1H3,(H,20,22). The van der Waals surface area contributed by atoms with E-state index in [-0.39, 0.29) is 21.2 Å². The first kappa shape index (κ1) is 18.9. The number of carbonyl (C=O) groups is 1. The van der Waals surface area contributed by atoms with Gasteiger partial charge in [0.25, 0.3) is 0 Å². The van der Waals surface area contributed by atoms with Gasteiger partial charge in [-0.2, -0.15) is 9.57 Å². The Labute approximate surface area is 149 Å². The molecular weight excluding hydrogens is 369 g/mol. The van der Waals surface area contributed by atoms with Gasteiger partial charge in [0.1, 0.15) is 6.07 Å². The number of nitrogens with zero attached hydrogens (tertiary/aromatic N) is 2. The minimum Gasteiger partial charge on any atom is -0.322 e. The van der Waals surface area contributed by atoms with Crippen molar-refractivity contribution in [1.29, 1.82) is 5.26 Å². The Bertz CT molecular complexity index is 957. The average Bonchev–Trinajstić information content (AvgIpc) is 2.58. The van der Waals surface area contributed by atoms with Crippen LogP contribution in [0.2, 0.25) is 5.02 Å². The highest BCUT2D eigenvalue weighted by Gasteiger charge is 2.25. The number of halogens is 2. The second-order valence-corrected chi connectivity index (χ2v) is 7.44. The van der Waals surface area contributed by atoms with Crippen molar-refractivity contribution in [3.63, 3.8) is 0 Å². The summed E-state index contributed by atoms with van der Waals surface area (Å²) in [6, 6.07) is 11.5. The first-order valence-corrected chi connectivity index (χ1v) is 8.78. The van der Waals surface area contributed by atoms with Gasteiger partial charge in [0.05, 0.1) is 27.7 Å². The van der Waals surface area contributed by atoms with Crippen LogP contribution in [0.3, 0.4) is 0 Å². The maximum absolute atomic E-state index is 13.8. The first-order chi connectivity index (χ1) is 11.8. The number of rotatable bonds is 5. The topological polar surface area (TPSA) is 90.3 Å². The van der Waals surface area contributed by atoms with E-state index in [0.29, 0.717) is 0 Å². The van der Waals surface area contributed by atoms with E-state index in [4.69, 9.17) is 16.9 Å². The fourth-order valence-corrected chi connectivity index (χ4v) is 3.47. The normalized spacial score (nSPS) is 11.2. The van der Waals surface area contributed by atoms with Gasteiger partial charge in [0.2, 0.25) is 15.9 Å². The highest BCUT2D eigenvalue weighted by Crippen LogP contribution is 2.22. The maximum Gasteiger partial charge on any atom is 0.244 e. The Hall–Kier alpha value is -2.47. The van der Waals surface area contributed by atoms with Crippen LogP contribution in [0, 0.1) is 17.1 Å². The fraction of sp³-hybridized carbons (Fsp3) is 0.125. The summed E-state index contributed by atoms with van der Waals surface area (Å²) in [4.78, 5) is 11.8. The van der Waals surface area contributed by atoms with E-state index >= 15 is 0 Å². The number of hydrogen-bond acceptors (Lipinski definition) is 4. The predicted octanol–water partition coefficient (Wildman–Crippen LogP) is 2.61. The van der Waals surface area contributed by atoms with Crippen molar-refractivity contribution in [2.45, 2.75) is 4.90 Å². The molecule has 0 aromatic heterocycles. The van der Waals surface area contributed by atoms with E-state index in [2.05, 4.69) is 5.32 Å². The molecular formula is C16H13ClFN3O3S. The highest BCUT2D eigenvalue weighted by atomic mass is 35.5. The molecule has 130 valence electrons. The largest absolute Gasteiger partial charge is 0.322 e. The molecule has 0 aliphatic rings. The molecule has 0 saturated carbocycles. The van der Waals surface area contributed by atoms with Crippen LogP contribution in [0.5, 0.6) is 0 Å². The third kappa shape index (κ3) is 4.14. The monoisotopic (exact) mass is 381 g/mol. The minimum absolute atomic E-state index is 0.0318. The Morgan fingerprint density at radius 1 is 1.28 bits per heavy atom. The lowest BCUT2D eigenvalue weighted by Crippen LogP contribution is -2.35. The Kier molecular flexibility index (Phi) is 5.74. The number of nitriles is 1. The molecule has 0 saturated heterocycles. The number of anilines is 1. The zero-order chi connectivity index (χ0) is 18.6. The van der Waals surface area contributed by atoms with Crippen molar-refractivity contribution in [2.24, 2.45) is 0 Å². The number of hydrogen-bond donors (Lipinski definition) is 1. The minimum atomic E-state index is -4.06. The molecule has 0 fully saturated rings. The second kappa shape index (κ2) is 7.61. The van der Waals surface area contributed by atoms with Gasteiger partial charge >= 0.3 is 0 Å². The van der Waals surface area contributed by atoms with Gasteiger partial charge in [-0.1, -0.05) is 29.8 Å². The van der Waals surface area contributed by atoms with E-state index in [0.717, 1.165) is 4.31 Å². The molecule has 0 spiro atoms. The summed E-state index contributed by atoms with van der Waals surface area (Å²) in [6.45, 7) is -0.561. The zero-order valence-electron chi connectivity index (χ0n) is 13.0. The van der Waals surface area contributed by atoms with Gasteiger partial charge in [0.15, 0.2) is 5.82 Å². The van der Waals surface area contributed by atoms with E-state index in [1.807, 2.05) is 0 Å². The summed E-state index contributed by atoms with van der Waals surface area (Å²) in [6.07, 6.45) is 0. The number of carbonyl (C=O) groups excluding carboxylic acids is 1. The van der Waals surface area contributed by atoms with E-state index in [1.54, 1.807) is 6.07 Å². The molecule has 0 radical (unpaired) electrons. The van der Waals surface area contributed by atoms with Crippen LogP contribution in [0.4, 0.5) is 10.1 Å². The number of sulfonamides is 1. The SMILES string of the molecule is CN(CC(=O)Nc1cccc(Cl)c1F)S(=O)(=O)c1ccccc1C#N. The molecule has 1 amide bonds. The lowest BCUT2D eigenvalue weighted by molar-refractivity contribution is -0.116. The average molecular weight is 382 g/mol. The highest BCUT2D eigenvalue weighted by molar-refractivity contribution is 7.89. The van der Waals surface area contributed by atoms with Crippen LogP contribution in [-0.4, -0.2) is 32.2 Å². The quantitative estimate of drug-likeness (QED) is 0.861. The molecule has 0 heterocycles. The number of nitrogens with one attached hydrogen (secondary N) is 1. The summed E-state index contributed by atoms with van der Waals surface area (Å²) >= 11 is 5.63. The molecule has 1 N–H and O–H groups in total. The van der Waals surface area contributed by atoms with Gasteiger partial charge < -0.3 is 5.32 Å². The first-order valence-electron chi connectivity index (χ1n) is 6.96. The van der Waals surface area contributed by atoms with Crippen LogP contribution in [0.25, 0.3) is 0 Å². The predicted molar refractivity (Wildman–Crippen MR) is 91.0 cm³/mol. The molecule has 0 atom stereocenters. The summed E-state index contributed by atoms with van der Waals surface area (Å²) in [5, 5.41) is 11.1. The molecule has 0 bridgehead atoms. The molecule has 2 aromatic carbocycles. The van der Waals surface area contributed by atoms with Crippen molar-refractivity contribution in [3.8, 4) is 6.07 Å². The number of benzene rings is 2. The molecule has 0 aliphatic heterocycles. The molecule has 9 heteroatoms. The van der Waals surface area contributed by atoms with Gasteiger partial charge in [-0.25, -0.2) is 12.8 Å². The molecule has 2 aromatic rings. The lowest BCUT2D eigenvalue weighted by Gasteiger charge is -2.17.